The molecule has 0 aliphatic rings. The quantitative estimate of drug-likeness (QED) is 0.690. The summed E-state index contributed by atoms with van der Waals surface area (Å²) >= 11 is 0. The van der Waals surface area contributed by atoms with E-state index in [1.165, 1.54) is 12.1 Å². The number of hydrogen-bond donors (Lipinski definition) is 1. The van der Waals surface area contributed by atoms with Crippen LogP contribution in [0.25, 0.3) is 0 Å². The lowest BCUT2D eigenvalue weighted by molar-refractivity contribution is 0.496. The molecule has 0 fully saturated rings. The maximum atomic E-state index is 12.8. The van der Waals surface area contributed by atoms with Gasteiger partial charge < -0.3 is 5.73 Å². The first-order valence-corrected chi connectivity index (χ1v) is 3.26. The Morgan fingerprint density at radius 3 is 2.67 bits per heavy atom. The van der Waals surface area contributed by atoms with E-state index in [2.05, 4.69) is 0 Å². The number of benzene rings is 1. The molecule has 1 rings (SSSR count). The first kappa shape index (κ1) is 8.62. The highest BCUT2D eigenvalue weighted by molar-refractivity contribution is 5.25. The second kappa shape index (κ2) is 3.28. The Labute approximate surface area is 68.2 Å². The average Bonchev–Trinajstić information content (AvgIpc) is 2.08. The van der Waals surface area contributed by atoms with E-state index in [9.17, 15) is 8.78 Å². The van der Waals surface area contributed by atoms with Crippen LogP contribution in [-0.2, 0) is 0 Å². The Kier molecular flexibility index (Phi) is 2.36. The van der Waals surface area contributed by atoms with Crippen molar-refractivity contribution < 1.29 is 8.78 Å². The fraction of sp³-hybridized carbons (Fsp3) is 0.125. The van der Waals surface area contributed by atoms with E-state index < -0.39 is 17.7 Å². The molecule has 1 atom stereocenters. The van der Waals surface area contributed by atoms with Gasteiger partial charge in [-0.05, 0) is 6.07 Å². The lowest BCUT2D eigenvalue weighted by Crippen LogP contribution is -2.10. The largest absolute Gasteiger partial charge is 0.312 e. The molecule has 0 aromatic heterocycles. The molecule has 2 N–H and O–H groups in total. The lowest BCUT2D eigenvalue weighted by Gasteiger charge is -2.03. The summed E-state index contributed by atoms with van der Waals surface area (Å²) in [5.74, 6) is -2.04. The Morgan fingerprint density at radius 1 is 1.42 bits per heavy atom. The molecule has 0 spiro atoms. The molecule has 0 radical (unpaired) electrons. The zero-order chi connectivity index (χ0) is 9.14. The van der Waals surface area contributed by atoms with Crippen molar-refractivity contribution in [1.29, 1.82) is 5.26 Å². The van der Waals surface area contributed by atoms with Gasteiger partial charge in [-0.15, -0.1) is 0 Å². The zero-order valence-electron chi connectivity index (χ0n) is 6.09. The molecular formula is C8H6F2N2. The number of nitriles is 1. The summed E-state index contributed by atoms with van der Waals surface area (Å²) in [7, 11) is 0. The predicted molar refractivity (Wildman–Crippen MR) is 38.9 cm³/mol. The van der Waals surface area contributed by atoms with Crippen LogP contribution in [0.15, 0.2) is 18.2 Å². The van der Waals surface area contributed by atoms with Gasteiger partial charge in [-0.3, -0.25) is 0 Å². The van der Waals surface area contributed by atoms with Crippen LogP contribution in [0.1, 0.15) is 11.6 Å². The molecule has 62 valence electrons. The highest BCUT2D eigenvalue weighted by Crippen LogP contribution is 2.16. The smallest absolute Gasteiger partial charge is 0.164 e. The van der Waals surface area contributed by atoms with Gasteiger partial charge in [-0.1, -0.05) is 12.1 Å². The van der Waals surface area contributed by atoms with Gasteiger partial charge in [0.05, 0.1) is 6.07 Å². The van der Waals surface area contributed by atoms with Crippen molar-refractivity contribution in [2.45, 2.75) is 6.04 Å². The van der Waals surface area contributed by atoms with Gasteiger partial charge in [-0.2, -0.15) is 5.26 Å². The number of hydrogen-bond acceptors (Lipinski definition) is 2. The van der Waals surface area contributed by atoms with Crippen LogP contribution < -0.4 is 5.73 Å². The van der Waals surface area contributed by atoms with Crippen LogP contribution >= 0.6 is 0 Å². The molecule has 0 bridgehead atoms. The van der Waals surface area contributed by atoms with Gasteiger partial charge in [-0.25, -0.2) is 8.78 Å². The first-order valence-electron chi connectivity index (χ1n) is 3.26. The molecule has 12 heavy (non-hydrogen) atoms. The van der Waals surface area contributed by atoms with Crippen LogP contribution in [0.2, 0.25) is 0 Å². The summed E-state index contributed by atoms with van der Waals surface area (Å²) < 4.78 is 25.4. The Hall–Kier alpha value is -1.47. The number of nitrogens with two attached hydrogens (primary N) is 1. The molecule has 2 nitrogen and oxygen atoms in total. The molecule has 0 aliphatic carbocycles. The third kappa shape index (κ3) is 1.41. The topological polar surface area (TPSA) is 49.8 Å². The van der Waals surface area contributed by atoms with Crippen LogP contribution in [0.3, 0.4) is 0 Å². The van der Waals surface area contributed by atoms with Gasteiger partial charge in [0.1, 0.15) is 6.04 Å². The third-order valence-corrected chi connectivity index (χ3v) is 1.46. The molecule has 0 aliphatic heterocycles. The zero-order valence-corrected chi connectivity index (χ0v) is 6.09. The second-order valence-corrected chi connectivity index (χ2v) is 2.25. The van der Waals surface area contributed by atoms with E-state index in [1.807, 2.05) is 0 Å². The van der Waals surface area contributed by atoms with Gasteiger partial charge in [0.25, 0.3) is 0 Å². The number of rotatable bonds is 1. The van der Waals surface area contributed by atoms with Gasteiger partial charge in [0.2, 0.25) is 0 Å². The summed E-state index contributed by atoms with van der Waals surface area (Å²) in [6, 6.07) is 4.08. The molecule has 0 heterocycles. The van der Waals surface area contributed by atoms with E-state index >= 15 is 0 Å². The van der Waals surface area contributed by atoms with E-state index in [1.54, 1.807) is 6.07 Å². The van der Waals surface area contributed by atoms with Crippen molar-refractivity contribution in [1.82, 2.24) is 0 Å². The lowest BCUT2D eigenvalue weighted by atomic mass is 10.1. The van der Waals surface area contributed by atoms with Crippen LogP contribution in [0.4, 0.5) is 8.78 Å². The highest BCUT2D eigenvalue weighted by Gasteiger charge is 2.13. The number of nitrogens with zero attached hydrogens (tertiary/aromatic N) is 1. The Morgan fingerprint density at radius 2 is 2.08 bits per heavy atom. The first-order chi connectivity index (χ1) is 5.66. The normalized spacial score (nSPS) is 12.2. The van der Waals surface area contributed by atoms with Crippen molar-refractivity contribution in [3.05, 3.63) is 35.4 Å². The minimum atomic E-state index is -1.11. The molecule has 0 saturated heterocycles. The van der Waals surface area contributed by atoms with Crippen LogP contribution in [0.5, 0.6) is 0 Å². The van der Waals surface area contributed by atoms with E-state index in [0.29, 0.717) is 0 Å². The van der Waals surface area contributed by atoms with Crippen molar-refractivity contribution in [2.75, 3.05) is 0 Å². The van der Waals surface area contributed by atoms with Crippen molar-refractivity contribution in [2.24, 2.45) is 5.73 Å². The van der Waals surface area contributed by atoms with Crippen molar-refractivity contribution in [3.8, 4) is 6.07 Å². The predicted octanol–water partition coefficient (Wildman–Crippen LogP) is 1.49. The summed E-state index contributed by atoms with van der Waals surface area (Å²) in [5.41, 5.74) is 5.08. The Balaban J connectivity index is 3.18. The summed E-state index contributed by atoms with van der Waals surface area (Å²) in [5, 5.41) is 8.34. The molecule has 0 unspecified atom stereocenters. The summed E-state index contributed by atoms with van der Waals surface area (Å²) in [6.45, 7) is 0. The van der Waals surface area contributed by atoms with Crippen molar-refractivity contribution >= 4 is 0 Å². The fourth-order valence-corrected chi connectivity index (χ4v) is 0.830. The molecule has 1 aromatic rings. The second-order valence-electron chi connectivity index (χ2n) is 2.25. The summed E-state index contributed by atoms with van der Waals surface area (Å²) in [4.78, 5) is 0. The maximum absolute atomic E-state index is 12.8. The maximum Gasteiger partial charge on any atom is 0.164 e. The van der Waals surface area contributed by atoms with Crippen LogP contribution in [0, 0.1) is 23.0 Å². The molecule has 0 saturated carbocycles. The minimum Gasteiger partial charge on any atom is -0.312 e. The summed E-state index contributed by atoms with van der Waals surface area (Å²) in [6.07, 6.45) is 0. The number of halogens is 2. The molecule has 1 aromatic carbocycles. The third-order valence-electron chi connectivity index (χ3n) is 1.46. The molecular weight excluding hydrogens is 162 g/mol. The minimum absolute atomic E-state index is 0.113. The van der Waals surface area contributed by atoms with E-state index in [4.69, 9.17) is 11.0 Å². The SMILES string of the molecule is N#C[C@H](N)c1cccc(F)c1F. The van der Waals surface area contributed by atoms with Gasteiger partial charge >= 0.3 is 0 Å². The molecule has 4 heteroatoms. The van der Waals surface area contributed by atoms with E-state index in [-0.39, 0.29) is 5.56 Å². The monoisotopic (exact) mass is 168 g/mol. The molecule has 0 amide bonds. The van der Waals surface area contributed by atoms with Crippen molar-refractivity contribution in [3.63, 3.8) is 0 Å². The highest BCUT2D eigenvalue weighted by atomic mass is 19.2. The van der Waals surface area contributed by atoms with Crippen LogP contribution in [-0.4, -0.2) is 0 Å². The van der Waals surface area contributed by atoms with Gasteiger partial charge in [0, 0.05) is 5.56 Å². The van der Waals surface area contributed by atoms with Gasteiger partial charge in [0.15, 0.2) is 11.6 Å². The average molecular weight is 168 g/mol. The fourth-order valence-electron chi connectivity index (χ4n) is 0.830. The van der Waals surface area contributed by atoms with E-state index in [0.717, 1.165) is 6.07 Å². The standard InChI is InChI=1S/C8H6F2N2/c9-6-3-1-2-5(8(6)10)7(12)4-11/h1-3,7H,12H2/t7-/m0/s1. The Bertz CT molecular complexity index is 330.